The maximum absolute atomic E-state index is 12.8. The Labute approximate surface area is 184 Å². The molecular formula is C23H23BrN4O2. The summed E-state index contributed by atoms with van der Waals surface area (Å²) in [7, 11) is 1.65. The lowest BCUT2D eigenvalue weighted by Crippen LogP contribution is -2.41. The highest BCUT2D eigenvalue weighted by atomic mass is 79.9. The van der Waals surface area contributed by atoms with Crippen LogP contribution in [0.5, 0.6) is 5.75 Å². The molecular weight excluding hydrogens is 444 g/mol. The maximum atomic E-state index is 12.8. The number of anilines is 2. The lowest BCUT2D eigenvalue weighted by molar-refractivity contribution is -0.120. The van der Waals surface area contributed by atoms with Gasteiger partial charge in [0.1, 0.15) is 17.9 Å². The van der Waals surface area contributed by atoms with Crippen molar-refractivity contribution in [1.29, 1.82) is 0 Å². The first-order valence-corrected chi connectivity index (χ1v) is 10.7. The van der Waals surface area contributed by atoms with E-state index in [2.05, 4.69) is 36.1 Å². The number of carbonyl (C=O) groups is 1. The van der Waals surface area contributed by atoms with Gasteiger partial charge >= 0.3 is 0 Å². The summed E-state index contributed by atoms with van der Waals surface area (Å²) in [6, 6.07) is 17.4. The van der Waals surface area contributed by atoms with Crippen LogP contribution in [0.25, 0.3) is 11.3 Å². The molecule has 30 heavy (non-hydrogen) atoms. The summed E-state index contributed by atoms with van der Waals surface area (Å²) in [5.74, 6) is 1.61. The Hall–Kier alpha value is -2.93. The van der Waals surface area contributed by atoms with E-state index in [4.69, 9.17) is 4.74 Å². The maximum Gasteiger partial charge on any atom is 0.229 e. The molecule has 1 aromatic heterocycles. The average molecular weight is 467 g/mol. The van der Waals surface area contributed by atoms with Crippen LogP contribution in [0, 0.1) is 5.92 Å². The standard InChI is InChI=1S/C23H23BrN4O2/c1-30-20-9-7-16(8-10-20)21-13-22(26-15-25-21)28-11-3-4-17(14-28)23(29)27-19-6-2-5-18(24)12-19/h2,5-10,12-13,15,17H,3-4,11,14H2,1H3,(H,27,29). The van der Waals surface area contributed by atoms with Gasteiger partial charge in [-0.05, 0) is 55.3 Å². The third-order valence-corrected chi connectivity index (χ3v) is 5.74. The predicted octanol–water partition coefficient (Wildman–Crippen LogP) is 4.77. The smallest absolute Gasteiger partial charge is 0.229 e. The minimum atomic E-state index is -0.0860. The number of nitrogens with one attached hydrogen (secondary N) is 1. The van der Waals surface area contributed by atoms with Gasteiger partial charge in [-0.2, -0.15) is 0 Å². The van der Waals surface area contributed by atoms with Crippen LogP contribution in [0.15, 0.2) is 65.4 Å². The molecule has 6 nitrogen and oxygen atoms in total. The highest BCUT2D eigenvalue weighted by Gasteiger charge is 2.27. The SMILES string of the molecule is COc1ccc(-c2cc(N3CCCC(C(=O)Nc4cccc(Br)c4)C3)ncn2)cc1. The van der Waals surface area contributed by atoms with Crippen molar-refractivity contribution in [3.63, 3.8) is 0 Å². The topological polar surface area (TPSA) is 67.3 Å². The number of hydrogen-bond acceptors (Lipinski definition) is 5. The molecule has 0 spiro atoms. The van der Waals surface area contributed by atoms with Crippen LogP contribution in [0.2, 0.25) is 0 Å². The third-order valence-electron chi connectivity index (χ3n) is 5.25. The Morgan fingerprint density at radius 3 is 2.77 bits per heavy atom. The predicted molar refractivity (Wildman–Crippen MR) is 122 cm³/mol. The molecule has 154 valence electrons. The molecule has 4 rings (SSSR count). The summed E-state index contributed by atoms with van der Waals surface area (Å²) >= 11 is 3.44. The van der Waals surface area contributed by atoms with Crippen molar-refractivity contribution < 1.29 is 9.53 Å². The Kier molecular flexibility index (Phi) is 6.28. The van der Waals surface area contributed by atoms with Crippen LogP contribution in [0.4, 0.5) is 11.5 Å². The van der Waals surface area contributed by atoms with Crippen molar-refractivity contribution in [3.05, 3.63) is 65.4 Å². The van der Waals surface area contributed by atoms with Gasteiger partial charge in [-0.25, -0.2) is 9.97 Å². The molecule has 1 aliphatic heterocycles. The largest absolute Gasteiger partial charge is 0.497 e. The number of halogens is 1. The van der Waals surface area contributed by atoms with E-state index in [1.54, 1.807) is 13.4 Å². The fourth-order valence-corrected chi connectivity index (χ4v) is 4.05. The minimum absolute atomic E-state index is 0.0437. The lowest BCUT2D eigenvalue weighted by Gasteiger charge is -2.33. The van der Waals surface area contributed by atoms with E-state index in [1.165, 1.54) is 0 Å². The van der Waals surface area contributed by atoms with E-state index in [-0.39, 0.29) is 11.8 Å². The average Bonchev–Trinajstić information content (AvgIpc) is 2.79. The number of nitrogens with zero attached hydrogens (tertiary/aromatic N) is 3. The van der Waals surface area contributed by atoms with Crippen LogP contribution in [0.1, 0.15) is 12.8 Å². The molecule has 1 atom stereocenters. The summed E-state index contributed by atoms with van der Waals surface area (Å²) in [6.07, 6.45) is 3.39. The molecule has 7 heteroatoms. The fraction of sp³-hybridized carbons (Fsp3) is 0.261. The monoisotopic (exact) mass is 466 g/mol. The number of hydrogen-bond donors (Lipinski definition) is 1. The summed E-state index contributed by atoms with van der Waals surface area (Å²) in [5.41, 5.74) is 2.65. The van der Waals surface area contributed by atoms with Gasteiger partial charge in [-0.3, -0.25) is 4.79 Å². The van der Waals surface area contributed by atoms with Crippen LogP contribution >= 0.6 is 15.9 Å². The van der Waals surface area contributed by atoms with Gasteiger partial charge in [-0.1, -0.05) is 22.0 Å². The third kappa shape index (κ3) is 4.79. The number of aromatic nitrogens is 2. The normalized spacial score (nSPS) is 16.2. The van der Waals surface area contributed by atoms with Crippen LogP contribution in [-0.4, -0.2) is 36.1 Å². The number of rotatable bonds is 5. The molecule has 1 fully saturated rings. The van der Waals surface area contributed by atoms with Crippen molar-refractivity contribution in [2.75, 3.05) is 30.4 Å². The van der Waals surface area contributed by atoms with Crippen LogP contribution in [-0.2, 0) is 4.79 Å². The molecule has 1 amide bonds. The second kappa shape index (κ2) is 9.26. The van der Waals surface area contributed by atoms with Gasteiger partial charge in [0.05, 0.1) is 18.7 Å². The zero-order valence-electron chi connectivity index (χ0n) is 16.7. The van der Waals surface area contributed by atoms with Crippen molar-refractivity contribution in [2.24, 2.45) is 5.92 Å². The Morgan fingerprint density at radius 1 is 1.17 bits per heavy atom. The van der Waals surface area contributed by atoms with Gasteiger partial charge in [-0.15, -0.1) is 0 Å². The number of ether oxygens (including phenoxy) is 1. The van der Waals surface area contributed by atoms with Crippen molar-refractivity contribution in [3.8, 4) is 17.0 Å². The Balaban J connectivity index is 1.47. The van der Waals surface area contributed by atoms with Gasteiger partial charge in [0.25, 0.3) is 0 Å². The van der Waals surface area contributed by atoms with Crippen molar-refractivity contribution in [1.82, 2.24) is 9.97 Å². The van der Waals surface area contributed by atoms with E-state index in [0.29, 0.717) is 6.54 Å². The molecule has 3 aromatic rings. The first-order valence-electron chi connectivity index (χ1n) is 9.90. The lowest BCUT2D eigenvalue weighted by atomic mass is 9.97. The number of amides is 1. The minimum Gasteiger partial charge on any atom is -0.497 e. The summed E-state index contributed by atoms with van der Waals surface area (Å²) in [4.78, 5) is 23.9. The van der Waals surface area contributed by atoms with E-state index < -0.39 is 0 Å². The number of piperidine rings is 1. The van der Waals surface area contributed by atoms with Gasteiger partial charge < -0.3 is 15.0 Å². The second-order valence-electron chi connectivity index (χ2n) is 7.27. The Morgan fingerprint density at radius 2 is 2.00 bits per heavy atom. The number of methoxy groups -OCH3 is 1. The summed E-state index contributed by atoms with van der Waals surface area (Å²) < 4.78 is 6.17. The quantitative estimate of drug-likeness (QED) is 0.586. The molecule has 0 radical (unpaired) electrons. The van der Waals surface area contributed by atoms with E-state index in [9.17, 15) is 4.79 Å². The zero-order chi connectivity index (χ0) is 20.9. The van der Waals surface area contributed by atoms with E-state index in [0.717, 1.165) is 52.4 Å². The first-order chi connectivity index (χ1) is 14.6. The van der Waals surface area contributed by atoms with Crippen molar-refractivity contribution >= 4 is 33.3 Å². The van der Waals surface area contributed by atoms with E-state index in [1.807, 2.05) is 54.6 Å². The molecule has 0 aliphatic carbocycles. The van der Waals surface area contributed by atoms with Gasteiger partial charge in [0.15, 0.2) is 0 Å². The molecule has 2 aromatic carbocycles. The number of carbonyl (C=O) groups excluding carboxylic acids is 1. The highest BCUT2D eigenvalue weighted by molar-refractivity contribution is 9.10. The molecule has 1 unspecified atom stereocenters. The zero-order valence-corrected chi connectivity index (χ0v) is 18.3. The number of benzene rings is 2. The molecule has 2 heterocycles. The first kappa shape index (κ1) is 20.3. The highest BCUT2D eigenvalue weighted by Crippen LogP contribution is 2.27. The molecule has 1 saturated heterocycles. The Bertz CT molecular complexity index is 1030. The fourth-order valence-electron chi connectivity index (χ4n) is 3.65. The van der Waals surface area contributed by atoms with Gasteiger partial charge in [0.2, 0.25) is 5.91 Å². The summed E-state index contributed by atoms with van der Waals surface area (Å²) in [5, 5.41) is 3.03. The molecule has 0 saturated carbocycles. The summed E-state index contributed by atoms with van der Waals surface area (Å²) in [6.45, 7) is 1.51. The van der Waals surface area contributed by atoms with E-state index >= 15 is 0 Å². The van der Waals surface area contributed by atoms with Gasteiger partial charge in [0, 0.05) is 34.9 Å². The molecule has 1 N–H and O–H groups in total. The van der Waals surface area contributed by atoms with Crippen LogP contribution in [0.3, 0.4) is 0 Å². The van der Waals surface area contributed by atoms with Crippen LogP contribution < -0.4 is 15.0 Å². The molecule has 0 bridgehead atoms. The van der Waals surface area contributed by atoms with Crippen molar-refractivity contribution in [2.45, 2.75) is 12.8 Å². The second-order valence-corrected chi connectivity index (χ2v) is 8.19. The molecule has 1 aliphatic rings.